The van der Waals surface area contributed by atoms with Gasteiger partial charge in [-0.2, -0.15) is 4.98 Å². The maximum Gasteiger partial charge on any atom is 0.227 e. The summed E-state index contributed by atoms with van der Waals surface area (Å²) < 4.78 is 18.8. The molecule has 0 atom stereocenters. The van der Waals surface area contributed by atoms with Crippen molar-refractivity contribution < 1.29 is 13.7 Å². The molecule has 1 amide bonds. The lowest BCUT2D eigenvalue weighted by Crippen LogP contribution is -2.13. The molecule has 0 aliphatic carbocycles. The van der Waals surface area contributed by atoms with Gasteiger partial charge in [-0.05, 0) is 25.1 Å². The highest BCUT2D eigenvalue weighted by Crippen LogP contribution is 2.22. The van der Waals surface area contributed by atoms with Crippen LogP contribution in [-0.2, 0) is 17.0 Å². The summed E-state index contributed by atoms with van der Waals surface area (Å²) in [5.41, 5.74) is 2.26. The van der Waals surface area contributed by atoms with E-state index in [0.29, 0.717) is 28.4 Å². The van der Waals surface area contributed by atoms with Gasteiger partial charge in [0.05, 0.1) is 11.4 Å². The molecule has 0 spiro atoms. The van der Waals surface area contributed by atoms with Crippen molar-refractivity contribution in [1.82, 2.24) is 25.3 Å². The second kappa shape index (κ2) is 9.52. The predicted octanol–water partition coefficient (Wildman–Crippen LogP) is 4.17. The summed E-state index contributed by atoms with van der Waals surface area (Å²) in [6.45, 7) is 2.02. The number of amides is 1. The Bertz CT molecular complexity index is 1190. The minimum Gasteiger partial charge on any atom is -0.339 e. The Morgan fingerprint density at radius 1 is 1.19 bits per heavy atom. The van der Waals surface area contributed by atoms with Gasteiger partial charge < -0.3 is 9.84 Å². The van der Waals surface area contributed by atoms with Crippen LogP contribution in [0.5, 0.6) is 0 Å². The number of nitrogens with zero attached hydrogens (tertiary/aromatic N) is 4. The molecule has 0 fully saturated rings. The molecular formula is C21H19FN6O2S. The van der Waals surface area contributed by atoms with Gasteiger partial charge in [0.15, 0.2) is 11.6 Å². The number of para-hydroxylation sites is 1. The number of carbonyl (C=O) groups is 1. The maximum absolute atomic E-state index is 13.6. The van der Waals surface area contributed by atoms with Crippen LogP contribution in [-0.4, -0.2) is 31.2 Å². The number of carbonyl (C=O) groups excluding carboxylic acids is 1. The first-order chi connectivity index (χ1) is 15.1. The van der Waals surface area contributed by atoms with Gasteiger partial charge in [-0.3, -0.25) is 9.89 Å². The van der Waals surface area contributed by atoms with Crippen LogP contribution in [0.2, 0.25) is 0 Å². The molecule has 0 aliphatic heterocycles. The molecule has 0 bridgehead atoms. The minimum atomic E-state index is -0.481. The number of thioether (sulfide) groups is 1. The van der Waals surface area contributed by atoms with Crippen LogP contribution >= 0.6 is 11.8 Å². The number of anilines is 1. The summed E-state index contributed by atoms with van der Waals surface area (Å²) in [5.74, 6) is 1.14. The number of nitrogens with one attached hydrogen (secondary N) is 2. The van der Waals surface area contributed by atoms with Crippen LogP contribution in [0.4, 0.5) is 10.1 Å². The van der Waals surface area contributed by atoms with Crippen LogP contribution in [0.1, 0.15) is 23.7 Å². The number of hydrogen-bond acceptors (Lipinski definition) is 7. The van der Waals surface area contributed by atoms with E-state index in [9.17, 15) is 9.18 Å². The predicted molar refractivity (Wildman–Crippen MR) is 114 cm³/mol. The molecule has 10 heteroatoms. The van der Waals surface area contributed by atoms with E-state index >= 15 is 0 Å². The Morgan fingerprint density at radius 2 is 2.06 bits per heavy atom. The molecule has 4 aromatic rings. The lowest BCUT2D eigenvalue weighted by Gasteiger charge is -2.04. The standard InChI is InChI=1S/C21H19FN6O2S/c1-13-5-4-6-14(11-13)20-25-21(27-26-20)31-12-17-24-19(30-28-17)10-9-18(29)23-16-8-3-2-7-15(16)22/h2-8,11H,9-10,12H2,1H3,(H,23,29)(H,25,26,27). The van der Waals surface area contributed by atoms with Gasteiger partial charge in [0.1, 0.15) is 5.82 Å². The van der Waals surface area contributed by atoms with Crippen LogP contribution in [0.3, 0.4) is 0 Å². The first-order valence-electron chi connectivity index (χ1n) is 9.55. The fourth-order valence-electron chi connectivity index (χ4n) is 2.81. The number of aromatic nitrogens is 5. The topological polar surface area (TPSA) is 110 Å². The van der Waals surface area contributed by atoms with Crippen molar-refractivity contribution in [2.45, 2.75) is 30.7 Å². The molecule has 158 valence electrons. The van der Waals surface area contributed by atoms with Crippen LogP contribution < -0.4 is 5.32 Å². The molecule has 0 radical (unpaired) electrons. The first-order valence-corrected chi connectivity index (χ1v) is 10.5. The molecule has 2 heterocycles. The molecular weight excluding hydrogens is 419 g/mol. The number of H-pyrrole nitrogens is 1. The lowest BCUT2D eigenvalue weighted by atomic mass is 10.1. The van der Waals surface area contributed by atoms with Crippen molar-refractivity contribution >= 4 is 23.4 Å². The molecule has 8 nitrogen and oxygen atoms in total. The van der Waals surface area contributed by atoms with E-state index in [4.69, 9.17) is 4.52 Å². The van der Waals surface area contributed by atoms with Crippen molar-refractivity contribution in [2.75, 3.05) is 5.32 Å². The quantitative estimate of drug-likeness (QED) is 0.397. The van der Waals surface area contributed by atoms with Gasteiger partial charge in [0.2, 0.25) is 17.0 Å². The zero-order valence-electron chi connectivity index (χ0n) is 16.6. The van der Waals surface area contributed by atoms with E-state index in [1.54, 1.807) is 12.1 Å². The molecule has 0 aliphatic rings. The highest BCUT2D eigenvalue weighted by Gasteiger charge is 2.13. The van der Waals surface area contributed by atoms with Crippen molar-refractivity contribution in [2.24, 2.45) is 0 Å². The van der Waals surface area contributed by atoms with Gasteiger partial charge in [0, 0.05) is 18.4 Å². The van der Waals surface area contributed by atoms with Gasteiger partial charge in [-0.25, -0.2) is 9.37 Å². The van der Waals surface area contributed by atoms with Gasteiger partial charge in [0.25, 0.3) is 0 Å². The van der Waals surface area contributed by atoms with E-state index in [1.165, 1.54) is 23.9 Å². The fourth-order valence-corrected chi connectivity index (χ4v) is 3.45. The van der Waals surface area contributed by atoms with E-state index in [0.717, 1.165) is 11.1 Å². The Morgan fingerprint density at radius 3 is 2.90 bits per heavy atom. The van der Waals surface area contributed by atoms with Crippen molar-refractivity contribution in [1.29, 1.82) is 0 Å². The molecule has 4 rings (SSSR count). The molecule has 2 N–H and O–H groups in total. The van der Waals surface area contributed by atoms with Crippen molar-refractivity contribution in [3.05, 3.63) is 71.6 Å². The number of aryl methyl sites for hydroxylation is 2. The third kappa shape index (κ3) is 5.54. The van der Waals surface area contributed by atoms with Crippen molar-refractivity contribution in [3.8, 4) is 11.4 Å². The first kappa shape index (κ1) is 20.7. The molecule has 2 aromatic carbocycles. The maximum atomic E-state index is 13.6. The monoisotopic (exact) mass is 438 g/mol. The number of halogens is 1. The molecule has 2 aromatic heterocycles. The highest BCUT2D eigenvalue weighted by molar-refractivity contribution is 7.98. The largest absolute Gasteiger partial charge is 0.339 e. The number of hydrogen-bond donors (Lipinski definition) is 2. The average Bonchev–Trinajstić information content (AvgIpc) is 3.42. The van der Waals surface area contributed by atoms with Crippen LogP contribution in [0.15, 0.2) is 58.2 Å². The summed E-state index contributed by atoms with van der Waals surface area (Å²) in [5, 5.41) is 14.2. The number of benzene rings is 2. The minimum absolute atomic E-state index is 0.101. The third-order valence-corrected chi connectivity index (χ3v) is 5.15. The zero-order valence-corrected chi connectivity index (χ0v) is 17.4. The van der Waals surface area contributed by atoms with E-state index in [1.807, 2.05) is 31.2 Å². The number of aromatic amines is 1. The third-order valence-electron chi connectivity index (χ3n) is 4.31. The van der Waals surface area contributed by atoms with E-state index < -0.39 is 5.82 Å². The smallest absolute Gasteiger partial charge is 0.227 e. The molecule has 0 saturated heterocycles. The summed E-state index contributed by atoms with van der Waals surface area (Å²) in [6.07, 6.45) is 0.361. The van der Waals surface area contributed by atoms with Crippen molar-refractivity contribution in [3.63, 3.8) is 0 Å². The average molecular weight is 438 g/mol. The fraction of sp³-hybridized carbons (Fsp3) is 0.190. The van der Waals surface area contributed by atoms with E-state index in [2.05, 4.69) is 30.6 Å². The summed E-state index contributed by atoms with van der Waals surface area (Å²) in [4.78, 5) is 20.8. The Balaban J connectivity index is 1.27. The Labute approximate surface area is 181 Å². The normalized spacial score (nSPS) is 10.9. The second-order valence-corrected chi connectivity index (χ2v) is 7.70. The number of rotatable bonds is 8. The SMILES string of the molecule is Cc1cccc(-c2nc(SCc3noc(CCC(=O)Nc4ccccc4F)n3)n[nH]2)c1. The summed E-state index contributed by atoms with van der Waals surface area (Å²) in [7, 11) is 0. The molecule has 31 heavy (non-hydrogen) atoms. The summed E-state index contributed by atoms with van der Waals surface area (Å²) in [6, 6.07) is 14.0. The lowest BCUT2D eigenvalue weighted by molar-refractivity contribution is -0.116. The van der Waals surface area contributed by atoms with Crippen LogP contribution in [0, 0.1) is 12.7 Å². The second-order valence-electron chi connectivity index (χ2n) is 6.76. The van der Waals surface area contributed by atoms with Gasteiger partial charge in [-0.15, -0.1) is 5.10 Å². The van der Waals surface area contributed by atoms with Crippen LogP contribution in [0.25, 0.3) is 11.4 Å². The molecule has 0 saturated carbocycles. The summed E-state index contributed by atoms with van der Waals surface area (Å²) >= 11 is 1.37. The Hall–Kier alpha value is -3.53. The highest BCUT2D eigenvalue weighted by atomic mass is 32.2. The Kier molecular flexibility index (Phi) is 6.37. The van der Waals surface area contributed by atoms with Gasteiger partial charge in [-0.1, -0.05) is 52.8 Å². The molecule has 0 unspecified atom stereocenters. The van der Waals surface area contributed by atoms with E-state index in [-0.39, 0.29) is 24.4 Å². The van der Waals surface area contributed by atoms with Gasteiger partial charge >= 0.3 is 0 Å². The zero-order chi connectivity index (χ0) is 21.6.